The van der Waals surface area contributed by atoms with Crippen molar-refractivity contribution in [3.63, 3.8) is 0 Å². The summed E-state index contributed by atoms with van der Waals surface area (Å²) in [6, 6.07) is 17.8. The molecule has 8 nitrogen and oxygen atoms in total. The Morgan fingerprint density at radius 3 is 2.59 bits per heavy atom. The van der Waals surface area contributed by atoms with Gasteiger partial charge in [-0.15, -0.1) is 10.2 Å². The highest BCUT2D eigenvalue weighted by atomic mass is 32.2. The number of amides is 1. The van der Waals surface area contributed by atoms with Crippen molar-refractivity contribution in [1.29, 1.82) is 0 Å². The predicted octanol–water partition coefficient (Wildman–Crippen LogP) is 6.73. The van der Waals surface area contributed by atoms with Gasteiger partial charge in [0, 0.05) is 23.7 Å². The van der Waals surface area contributed by atoms with Crippen molar-refractivity contribution < 1.29 is 19.4 Å². The third-order valence-electron chi connectivity index (χ3n) is 6.67. The van der Waals surface area contributed by atoms with Crippen LogP contribution in [-0.4, -0.2) is 38.6 Å². The zero-order chi connectivity index (χ0) is 28.8. The molecule has 0 bridgehead atoms. The number of carbonyl (C=O) groups is 2. The van der Waals surface area contributed by atoms with Gasteiger partial charge in [0.05, 0.1) is 18.2 Å². The molecule has 10 heteroatoms. The molecular weight excluding hydrogens is 556 g/mol. The summed E-state index contributed by atoms with van der Waals surface area (Å²) in [6.07, 6.45) is 6.11. The number of anilines is 1. The summed E-state index contributed by atoms with van der Waals surface area (Å²) < 4.78 is 6.63. The number of aromatic nitrogens is 3. The predicted molar refractivity (Wildman–Crippen MR) is 161 cm³/mol. The lowest BCUT2D eigenvalue weighted by atomic mass is 9.95. The fourth-order valence-electron chi connectivity index (χ4n) is 4.51. The zero-order valence-corrected chi connectivity index (χ0v) is 24.5. The Labute approximate surface area is 247 Å². The summed E-state index contributed by atoms with van der Waals surface area (Å²) in [4.78, 5) is 32.3. The summed E-state index contributed by atoms with van der Waals surface area (Å²) in [6.45, 7) is 4.74. The van der Waals surface area contributed by atoms with Gasteiger partial charge >= 0.3 is 5.91 Å². The van der Waals surface area contributed by atoms with Crippen molar-refractivity contribution in [2.24, 2.45) is 0 Å². The fraction of sp³-hybridized carbons (Fsp3) is 0.258. The molecule has 1 fully saturated rings. The quantitative estimate of drug-likeness (QED) is 0.0515. The van der Waals surface area contributed by atoms with E-state index in [0.29, 0.717) is 33.6 Å². The molecule has 1 N–H and O–H groups in total. The van der Waals surface area contributed by atoms with E-state index in [1.54, 1.807) is 12.1 Å². The second-order valence-electron chi connectivity index (χ2n) is 9.66. The maximum Gasteiger partial charge on any atom is 0.301 e. The minimum atomic E-state index is -0.912. The van der Waals surface area contributed by atoms with Gasteiger partial charge in [-0.3, -0.25) is 19.5 Å². The van der Waals surface area contributed by atoms with Gasteiger partial charge in [0.1, 0.15) is 11.5 Å². The fourth-order valence-corrected chi connectivity index (χ4v) is 6.34. The molecular formula is C31H30N4O4S2. The monoisotopic (exact) mass is 586 g/mol. The highest BCUT2D eigenvalue weighted by Gasteiger charge is 2.48. The van der Waals surface area contributed by atoms with E-state index in [2.05, 4.69) is 46.4 Å². The number of nitrogens with zero attached hydrogens (tertiary/aromatic N) is 4. The van der Waals surface area contributed by atoms with Crippen LogP contribution in [0.25, 0.3) is 5.76 Å². The van der Waals surface area contributed by atoms with Gasteiger partial charge in [-0.2, -0.15) is 0 Å². The Hall–Kier alpha value is -4.02. The third kappa shape index (κ3) is 6.49. The molecule has 0 aliphatic carbocycles. The topological polar surface area (TPSA) is 106 Å². The molecule has 1 saturated heterocycles. The van der Waals surface area contributed by atoms with Gasteiger partial charge in [-0.25, -0.2) is 0 Å². The number of aryl methyl sites for hydroxylation is 1. The first-order valence-corrected chi connectivity index (χ1v) is 15.2. The first kappa shape index (κ1) is 28.5. The van der Waals surface area contributed by atoms with Crippen LogP contribution in [0.2, 0.25) is 0 Å². The summed E-state index contributed by atoms with van der Waals surface area (Å²) in [5.74, 6) is -0.518. The van der Waals surface area contributed by atoms with E-state index in [0.717, 1.165) is 24.8 Å². The molecule has 210 valence electrons. The summed E-state index contributed by atoms with van der Waals surface area (Å²) in [5, 5.41) is 20.2. The van der Waals surface area contributed by atoms with Crippen LogP contribution >= 0.6 is 23.1 Å². The van der Waals surface area contributed by atoms with E-state index in [4.69, 9.17) is 4.74 Å². The number of ketones is 1. The first-order valence-electron chi connectivity index (χ1n) is 13.4. The number of hydrogen-bond donors (Lipinski definition) is 1. The lowest BCUT2D eigenvalue weighted by molar-refractivity contribution is -0.132. The maximum absolute atomic E-state index is 13.5. The number of hydrogen-bond acceptors (Lipinski definition) is 9. The minimum Gasteiger partial charge on any atom is -0.507 e. The number of unbranched alkanes of at least 4 members (excludes halogenated alkanes) is 2. The van der Waals surface area contributed by atoms with Gasteiger partial charge in [0.15, 0.2) is 4.34 Å². The Bertz CT molecular complexity index is 1550. The van der Waals surface area contributed by atoms with Crippen molar-refractivity contribution in [3.8, 4) is 5.75 Å². The molecule has 2 aromatic carbocycles. The molecule has 1 aliphatic heterocycles. The second kappa shape index (κ2) is 13.1. The van der Waals surface area contributed by atoms with Crippen LogP contribution in [-0.2, 0) is 15.3 Å². The summed E-state index contributed by atoms with van der Waals surface area (Å²) in [5.41, 5.74) is 3.33. The van der Waals surface area contributed by atoms with Crippen molar-refractivity contribution in [2.45, 2.75) is 49.2 Å². The van der Waals surface area contributed by atoms with Gasteiger partial charge in [-0.1, -0.05) is 84.8 Å². The van der Waals surface area contributed by atoms with Crippen molar-refractivity contribution >= 4 is 45.7 Å². The van der Waals surface area contributed by atoms with E-state index in [-0.39, 0.29) is 16.5 Å². The Morgan fingerprint density at radius 1 is 1.05 bits per heavy atom. The van der Waals surface area contributed by atoms with Gasteiger partial charge in [-0.05, 0) is 48.7 Å². The highest BCUT2D eigenvalue weighted by molar-refractivity contribution is 8.00. The van der Waals surface area contributed by atoms with E-state index in [1.165, 1.54) is 46.0 Å². The van der Waals surface area contributed by atoms with E-state index < -0.39 is 17.7 Å². The van der Waals surface area contributed by atoms with Crippen molar-refractivity contribution in [1.82, 2.24) is 15.2 Å². The number of thioether (sulfide) groups is 1. The molecule has 1 atom stereocenters. The van der Waals surface area contributed by atoms with Crippen LogP contribution in [0.3, 0.4) is 0 Å². The number of benzene rings is 2. The standard InChI is InChI=1S/C31H30N4O4S2/c1-3-4-5-17-39-24-8-6-7-23(18-24)26-25(27(36)22-13-15-32-16-14-22)28(37)29(38)35(26)30-33-34-31(41-30)40-19-21-11-9-20(2)10-12-21/h6-16,18,26,36H,3-5,17,19H2,1-2H3/b27-25+. The first-order chi connectivity index (χ1) is 20.0. The summed E-state index contributed by atoms with van der Waals surface area (Å²) >= 11 is 2.75. The maximum atomic E-state index is 13.5. The number of ether oxygens (including phenoxy) is 1. The van der Waals surface area contributed by atoms with Crippen LogP contribution in [0, 0.1) is 6.92 Å². The van der Waals surface area contributed by atoms with Crippen LogP contribution in [0.4, 0.5) is 5.13 Å². The molecule has 4 aromatic rings. The zero-order valence-electron chi connectivity index (χ0n) is 22.8. The Kier molecular flexibility index (Phi) is 9.11. The molecule has 0 saturated carbocycles. The Morgan fingerprint density at radius 2 is 1.83 bits per heavy atom. The van der Waals surface area contributed by atoms with Crippen LogP contribution < -0.4 is 9.64 Å². The molecule has 1 unspecified atom stereocenters. The van der Waals surface area contributed by atoms with Gasteiger partial charge in [0.25, 0.3) is 5.78 Å². The van der Waals surface area contributed by atoms with Gasteiger partial charge < -0.3 is 9.84 Å². The minimum absolute atomic E-state index is 0.0200. The lowest BCUT2D eigenvalue weighted by Gasteiger charge is -2.23. The molecule has 0 radical (unpaired) electrons. The second-order valence-corrected chi connectivity index (χ2v) is 11.8. The molecule has 2 aromatic heterocycles. The van der Waals surface area contributed by atoms with E-state index in [1.807, 2.05) is 31.2 Å². The van der Waals surface area contributed by atoms with Gasteiger partial charge in [0.2, 0.25) is 5.13 Å². The number of carbonyl (C=O) groups excluding carboxylic acids is 2. The average molecular weight is 587 g/mol. The average Bonchev–Trinajstić information content (AvgIpc) is 3.57. The smallest absolute Gasteiger partial charge is 0.301 e. The number of rotatable bonds is 11. The van der Waals surface area contributed by atoms with E-state index >= 15 is 0 Å². The van der Waals surface area contributed by atoms with Crippen LogP contribution in [0.5, 0.6) is 5.75 Å². The number of pyridine rings is 1. The number of aliphatic hydroxyl groups is 1. The SMILES string of the molecule is CCCCCOc1cccc(C2/C(=C(\O)c3ccncc3)C(=O)C(=O)N2c2nnc(SCc3ccc(C)cc3)s2)c1. The molecule has 1 aliphatic rings. The third-order valence-corrected chi connectivity index (χ3v) is 8.80. The van der Waals surface area contributed by atoms with Crippen LogP contribution in [0.1, 0.15) is 54.5 Å². The van der Waals surface area contributed by atoms with Crippen LogP contribution in [0.15, 0.2) is 83.0 Å². The number of Topliss-reactive ketones (excluding diaryl/α,β-unsaturated/α-hetero) is 1. The molecule has 0 spiro atoms. The lowest BCUT2D eigenvalue weighted by Crippen LogP contribution is -2.29. The molecule has 1 amide bonds. The number of aliphatic hydroxyl groups excluding tert-OH is 1. The van der Waals surface area contributed by atoms with Crippen molar-refractivity contribution in [3.05, 3.63) is 101 Å². The molecule has 41 heavy (non-hydrogen) atoms. The normalized spacial score (nSPS) is 16.3. The molecule has 5 rings (SSSR count). The van der Waals surface area contributed by atoms with Crippen molar-refractivity contribution in [2.75, 3.05) is 11.5 Å². The largest absolute Gasteiger partial charge is 0.507 e. The Balaban J connectivity index is 1.50. The summed E-state index contributed by atoms with van der Waals surface area (Å²) in [7, 11) is 0. The highest BCUT2D eigenvalue weighted by Crippen LogP contribution is 2.44. The van der Waals surface area contributed by atoms with E-state index in [9.17, 15) is 14.7 Å². The molecule has 3 heterocycles.